The van der Waals surface area contributed by atoms with Crippen LogP contribution in [0.5, 0.6) is 5.75 Å². The van der Waals surface area contributed by atoms with E-state index in [2.05, 4.69) is 37.8 Å². The minimum Gasteiger partial charge on any atom is -0.482 e. The summed E-state index contributed by atoms with van der Waals surface area (Å²) >= 11 is 0. The molecule has 0 amide bonds. The maximum Gasteiger partial charge on any atom is 0.329 e. The highest BCUT2D eigenvalue weighted by Gasteiger charge is 2.50. The first-order valence-electron chi connectivity index (χ1n) is 9.59. The van der Waals surface area contributed by atoms with E-state index in [1.54, 1.807) is 12.3 Å². The summed E-state index contributed by atoms with van der Waals surface area (Å²) in [7, 11) is 0. The molecular weight excluding hydrogens is 356 g/mol. The van der Waals surface area contributed by atoms with Crippen LogP contribution in [0, 0.1) is 11.2 Å². The SMILES string of the molecule is CC(Oc1cc(B2CC(C)(C)C(C)(C)O2)cn2nccc12)c1ccc(F)cn1. The second kappa shape index (κ2) is 6.59. The van der Waals surface area contributed by atoms with E-state index in [1.165, 1.54) is 12.3 Å². The van der Waals surface area contributed by atoms with Gasteiger partial charge in [0.2, 0.25) is 0 Å². The van der Waals surface area contributed by atoms with Crippen LogP contribution in [0.4, 0.5) is 4.39 Å². The molecule has 1 aliphatic rings. The Morgan fingerprint density at radius 1 is 1.25 bits per heavy atom. The first-order chi connectivity index (χ1) is 13.2. The lowest BCUT2D eigenvalue weighted by atomic mass is 9.54. The minimum absolute atomic E-state index is 0.0276. The Bertz CT molecular complexity index is 985. The molecule has 4 heterocycles. The van der Waals surface area contributed by atoms with Crippen molar-refractivity contribution in [3.8, 4) is 5.75 Å². The van der Waals surface area contributed by atoms with Crippen LogP contribution in [0.25, 0.3) is 5.52 Å². The van der Waals surface area contributed by atoms with E-state index in [1.807, 2.05) is 29.8 Å². The molecule has 28 heavy (non-hydrogen) atoms. The predicted octanol–water partition coefficient (Wildman–Crippen LogP) is 4.04. The predicted molar refractivity (Wildman–Crippen MR) is 108 cm³/mol. The van der Waals surface area contributed by atoms with Crippen LogP contribution >= 0.6 is 0 Å². The smallest absolute Gasteiger partial charge is 0.329 e. The number of pyridine rings is 2. The molecule has 0 N–H and O–H groups in total. The lowest BCUT2D eigenvalue weighted by molar-refractivity contribution is 0.0375. The van der Waals surface area contributed by atoms with Gasteiger partial charge in [0.25, 0.3) is 0 Å². The monoisotopic (exact) mass is 381 g/mol. The van der Waals surface area contributed by atoms with Gasteiger partial charge in [-0.25, -0.2) is 8.91 Å². The summed E-state index contributed by atoms with van der Waals surface area (Å²) in [6, 6.07) is 6.97. The lowest BCUT2D eigenvalue weighted by Crippen LogP contribution is -2.36. The van der Waals surface area contributed by atoms with Crippen LogP contribution in [0.15, 0.2) is 42.9 Å². The van der Waals surface area contributed by atoms with Crippen molar-refractivity contribution in [2.75, 3.05) is 0 Å². The summed E-state index contributed by atoms with van der Waals surface area (Å²) in [5.74, 6) is 0.347. The molecule has 5 nitrogen and oxygen atoms in total. The van der Waals surface area contributed by atoms with Crippen LogP contribution in [0.2, 0.25) is 6.32 Å². The maximum absolute atomic E-state index is 13.2. The second-order valence-electron chi connectivity index (χ2n) is 8.66. The van der Waals surface area contributed by atoms with Gasteiger partial charge in [-0.3, -0.25) is 4.98 Å². The van der Waals surface area contributed by atoms with Crippen molar-refractivity contribution in [2.45, 2.75) is 52.6 Å². The van der Waals surface area contributed by atoms with Gasteiger partial charge in [-0.15, -0.1) is 0 Å². The lowest BCUT2D eigenvalue weighted by Gasteiger charge is -2.34. The molecular formula is C21H25BFN3O2. The molecule has 146 valence electrons. The molecule has 1 atom stereocenters. The van der Waals surface area contributed by atoms with Gasteiger partial charge >= 0.3 is 6.92 Å². The van der Waals surface area contributed by atoms with Crippen molar-refractivity contribution in [2.24, 2.45) is 5.41 Å². The average molecular weight is 381 g/mol. The quantitative estimate of drug-likeness (QED) is 0.640. The van der Waals surface area contributed by atoms with Crippen molar-refractivity contribution in [1.82, 2.24) is 14.6 Å². The molecule has 3 aromatic heterocycles. The minimum atomic E-state index is -0.361. The second-order valence-corrected chi connectivity index (χ2v) is 8.66. The van der Waals surface area contributed by atoms with E-state index in [9.17, 15) is 4.39 Å². The van der Waals surface area contributed by atoms with Gasteiger partial charge in [-0.2, -0.15) is 5.10 Å². The molecule has 0 saturated carbocycles. The van der Waals surface area contributed by atoms with Gasteiger partial charge in [0.1, 0.15) is 23.2 Å². The van der Waals surface area contributed by atoms with Gasteiger partial charge < -0.3 is 9.39 Å². The topological polar surface area (TPSA) is 48.7 Å². The Labute approximate surface area is 165 Å². The first kappa shape index (κ1) is 18.9. The first-order valence-corrected chi connectivity index (χ1v) is 9.59. The van der Waals surface area contributed by atoms with Crippen LogP contribution in [0.1, 0.15) is 46.4 Å². The van der Waals surface area contributed by atoms with Crippen LogP contribution in [-0.2, 0) is 4.65 Å². The van der Waals surface area contributed by atoms with Gasteiger partial charge in [0.05, 0.1) is 23.7 Å². The number of fused-ring (bicyclic) bond motifs is 1. The molecule has 3 aromatic rings. The Morgan fingerprint density at radius 3 is 2.68 bits per heavy atom. The highest BCUT2D eigenvalue weighted by Crippen LogP contribution is 2.45. The van der Waals surface area contributed by atoms with E-state index >= 15 is 0 Å². The standard InChI is InChI=1S/C21H25BFN3O2/c1-14(17-7-6-16(23)11-24-17)27-19-10-15(12-26-18(19)8-9-25-26)22-13-20(2,3)21(4,5)28-22/h6-12,14H,13H2,1-5H3. The number of rotatable bonds is 4. The van der Waals surface area contributed by atoms with Crippen LogP contribution in [-0.4, -0.2) is 27.1 Å². The number of aromatic nitrogens is 3. The van der Waals surface area contributed by atoms with E-state index in [-0.39, 0.29) is 29.9 Å². The Morgan fingerprint density at radius 2 is 2.04 bits per heavy atom. The molecule has 0 aromatic carbocycles. The Balaban J connectivity index is 1.67. The molecule has 0 aliphatic carbocycles. The highest BCUT2D eigenvalue weighted by molar-refractivity contribution is 6.68. The maximum atomic E-state index is 13.2. The molecule has 1 unspecified atom stereocenters. The number of halogens is 1. The van der Waals surface area contributed by atoms with Crippen LogP contribution in [0.3, 0.4) is 0 Å². The molecule has 1 fully saturated rings. The fourth-order valence-corrected chi connectivity index (χ4v) is 3.62. The summed E-state index contributed by atoms with van der Waals surface area (Å²) in [6.07, 6.45) is 5.55. The molecule has 1 aliphatic heterocycles. The van der Waals surface area contributed by atoms with E-state index in [4.69, 9.17) is 9.39 Å². The third-order valence-corrected chi connectivity index (χ3v) is 6.10. The summed E-state index contributed by atoms with van der Waals surface area (Å²) in [5, 5.41) is 4.39. The average Bonchev–Trinajstić information content (AvgIpc) is 3.17. The largest absolute Gasteiger partial charge is 0.482 e. The highest BCUT2D eigenvalue weighted by atomic mass is 19.1. The van der Waals surface area contributed by atoms with Gasteiger partial charge in [0.15, 0.2) is 0 Å². The molecule has 0 radical (unpaired) electrons. The fourth-order valence-electron chi connectivity index (χ4n) is 3.62. The number of hydrogen-bond acceptors (Lipinski definition) is 4. The summed E-state index contributed by atoms with van der Waals surface area (Å²) in [5.41, 5.74) is 2.41. The zero-order valence-electron chi connectivity index (χ0n) is 16.9. The molecule has 0 bridgehead atoms. The number of ether oxygens (including phenoxy) is 1. The van der Waals surface area contributed by atoms with Gasteiger partial charge in [0, 0.05) is 6.20 Å². The zero-order valence-corrected chi connectivity index (χ0v) is 16.9. The fraction of sp³-hybridized carbons (Fsp3) is 0.429. The molecule has 4 rings (SSSR count). The van der Waals surface area contributed by atoms with E-state index < -0.39 is 0 Å². The third kappa shape index (κ3) is 3.28. The summed E-state index contributed by atoms with van der Waals surface area (Å²) in [4.78, 5) is 4.13. The van der Waals surface area contributed by atoms with Crippen molar-refractivity contribution in [1.29, 1.82) is 0 Å². The third-order valence-electron chi connectivity index (χ3n) is 6.10. The van der Waals surface area contributed by atoms with Gasteiger partial charge in [-0.05, 0) is 62.2 Å². The Hall–Kier alpha value is -2.41. The Kier molecular flexibility index (Phi) is 4.45. The normalized spacial score (nSPS) is 19.1. The zero-order chi connectivity index (χ0) is 20.1. The number of hydrogen-bond donors (Lipinski definition) is 0. The number of nitrogens with zero attached hydrogens (tertiary/aromatic N) is 3. The van der Waals surface area contributed by atoms with Crippen molar-refractivity contribution < 1.29 is 13.8 Å². The molecule has 1 saturated heterocycles. The summed E-state index contributed by atoms with van der Waals surface area (Å²) in [6.45, 7) is 10.6. The van der Waals surface area contributed by atoms with Crippen molar-refractivity contribution >= 4 is 17.9 Å². The van der Waals surface area contributed by atoms with Gasteiger partial charge in [-0.1, -0.05) is 13.8 Å². The van der Waals surface area contributed by atoms with Crippen LogP contribution < -0.4 is 10.2 Å². The van der Waals surface area contributed by atoms with E-state index in [0.717, 1.165) is 17.3 Å². The molecule has 7 heteroatoms. The van der Waals surface area contributed by atoms with Crippen molar-refractivity contribution in [3.05, 3.63) is 54.4 Å². The van der Waals surface area contributed by atoms with E-state index in [0.29, 0.717) is 11.4 Å². The summed E-state index contributed by atoms with van der Waals surface area (Å²) < 4.78 is 27.6. The van der Waals surface area contributed by atoms with Crippen molar-refractivity contribution in [3.63, 3.8) is 0 Å². The molecule has 0 spiro atoms.